The molecule has 8 heteroatoms. The van der Waals surface area contributed by atoms with Crippen LogP contribution in [0.15, 0.2) is 107 Å². The molecule has 4 aromatic carbocycles. The molecule has 0 N–H and O–H groups in total. The van der Waals surface area contributed by atoms with Crippen LogP contribution >= 0.6 is 0 Å². The van der Waals surface area contributed by atoms with E-state index < -0.39 is 22.8 Å². The highest BCUT2D eigenvalue weighted by Gasteiger charge is 2.72. The van der Waals surface area contributed by atoms with Crippen LogP contribution in [-0.4, -0.2) is 24.1 Å². The maximum Gasteiger partial charge on any atom is 0.328 e. The summed E-state index contributed by atoms with van der Waals surface area (Å²) in [7, 11) is 0. The Morgan fingerprint density at radius 1 is 0.526 bits per heavy atom. The van der Waals surface area contributed by atoms with Crippen LogP contribution in [0.25, 0.3) is 0 Å². The Kier molecular flexibility index (Phi) is 5.21. The first kappa shape index (κ1) is 23.0. The number of isocyanates is 2. The molecule has 0 aromatic heterocycles. The molecule has 6 rings (SSSR count). The first-order valence-electron chi connectivity index (χ1n) is 11.6. The van der Waals surface area contributed by atoms with Gasteiger partial charge >= 0.3 is 11.9 Å². The standard InChI is InChI=1S/C30H16N2O6/c33-17-31-21-13-9-19(10-14-21)29(23-5-1-3-7-25(23)37-27(29)35)30(20-11-15-22(16-12-20)32-18-34)24-6-2-4-8-26(24)38-28(30)36/h1-16H. The monoisotopic (exact) mass is 500 g/mol. The lowest BCUT2D eigenvalue weighted by Crippen LogP contribution is -2.58. The Bertz CT molecular complexity index is 1590. The number of rotatable bonds is 5. The van der Waals surface area contributed by atoms with Crippen molar-refractivity contribution in [3.05, 3.63) is 119 Å². The summed E-state index contributed by atoms with van der Waals surface area (Å²) in [5, 5.41) is 0. The van der Waals surface area contributed by atoms with E-state index in [1.807, 2.05) is 0 Å². The molecule has 0 amide bonds. The van der Waals surface area contributed by atoms with Gasteiger partial charge in [-0.2, -0.15) is 9.98 Å². The Morgan fingerprint density at radius 3 is 1.26 bits per heavy atom. The van der Waals surface area contributed by atoms with E-state index in [0.717, 1.165) is 0 Å². The molecule has 0 saturated carbocycles. The summed E-state index contributed by atoms with van der Waals surface area (Å²) in [5.74, 6) is -0.722. The van der Waals surface area contributed by atoms with Gasteiger partial charge in [-0.25, -0.2) is 9.59 Å². The van der Waals surface area contributed by atoms with Crippen molar-refractivity contribution in [2.24, 2.45) is 9.98 Å². The molecule has 0 saturated heterocycles. The van der Waals surface area contributed by atoms with Gasteiger partial charge in [-0.15, -0.1) is 0 Å². The fourth-order valence-electron chi connectivity index (χ4n) is 5.67. The van der Waals surface area contributed by atoms with Gasteiger partial charge in [0.05, 0.1) is 11.4 Å². The lowest BCUT2D eigenvalue weighted by atomic mass is 9.52. The highest BCUT2D eigenvalue weighted by molar-refractivity contribution is 6.09. The van der Waals surface area contributed by atoms with Crippen molar-refractivity contribution >= 4 is 35.5 Å². The normalized spacial score (nSPS) is 20.8. The average Bonchev–Trinajstić information content (AvgIpc) is 3.41. The van der Waals surface area contributed by atoms with Gasteiger partial charge in [0.1, 0.15) is 22.3 Å². The Hall–Kier alpha value is -5.42. The summed E-state index contributed by atoms with van der Waals surface area (Å²) in [5.41, 5.74) is -0.989. The molecule has 0 fully saturated rings. The van der Waals surface area contributed by atoms with Gasteiger partial charge in [0.2, 0.25) is 12.2 Å². The number of benzene rings is 4. The SMILES string of the molecule is O=C=Nc1ccc(C2(C3(c4ccc(N=C=O)cc4)C(=O)Oc4ccccc43)C(=O)Oc3ccccc32)cc1. The van der Waals surface area contributed by atoms with Crippen molar-refractivity contribution in [3.63, 3.8) is 0 Å². The van der Waals surface area contributed by atoms with Crippen molar-refractivity contribution in [2.75, 3.05) is 0 Å². The molecule has 2 heterocycles. The summed E-state index contributed by atoms with van der Waals surface area (Å²) < 4.78 is 11.7. The maximum absolute atomic E-state index is 14.3. The third-order valence-electron chi connectivity index (χ3n) is 7.11. The van der Waals surface area contributed by atoms with Crippen LogP contribution in [0.1, 0.15) is 22.3 Å². The number of aliphatic imine (C=N–C) groups is 2. The minimum absolute atomic E-state index is 0.311. The summed E-state index contributed by atoms with van der Waals surface area (Å²) >= 11 is 0. The Balaban J connectivity index is 1.78. The van der Waals surface area contributed by atoms with E-state index in [1.54, 1.807) is 97.1 Å². The molecule has 0 spiro atoms. The molecule has 0 bridgehead atoms. The zero-order valence-corrected chi connectivity index (χ0v) is 19.6. The first-order chi connectivity index (χ1) is 18.6. The number of hydrogen-bond acceptors (Lipinski definition) is 8. The van der Waals surface area contributed by atoms with Crippen LogP contribution in [-0.2, 0) is 30.0 Å². The second-order valence-corrected chi connectivity index (χ2v) is 8.77. The predicted octanol–water partition coefficient (Wildman–Crippen LogP) is 4.73. The van der Waals surface area contributed by atoms with Gasteiger partial charge in [-0.1, -0.05) is 60.7 Å². The molecule has 2 aliphatic heterocycles. The van der Waals surface area contributed by atoms with Crippen LogP contribution in [0.2, 0.25) is 0 Å². The van der Waals surface area contributed by atoms with E-state index in [4.69, 9.17) is 9.47 Å². The molecule has 4 aromatic rings. The molecular weight excluding hydrogens is 484 g/mol. The van der Waals surface area contributed by atoms with E-state index in [0.29, 0.717) is 45.1 Å². The zero-order valence-electron chi connectivity index (χ0n) is 19.6. The number of fused-ring (bicyclic) bond motifs is 2. The van der Waals surface area contributed by atoms with Crippen LogP contribution in [0, 0.1) is 0 Å². The van der Waals surface area contributed by atoms with Gasteiger partial charge in [-0.3, -0.25) is 9.59 Å². The van der Waals surface area contributed by atoms with E-state index in [-0.39, 0.29) is 0 Å². The quantitative estimate of drug-likeness (QED) is 0.170. The lowest BCUT2D eigenvalue weighted by molar-refractivity contribution is -0.147. The summed E-state index contributed by atoms with van der Waals surface area (Å²) in [4.78, 5) is 57.5. The second kappa shape index (κ2) is 8.61. The number of esters is 2. The molecule has 2 aliphatic rings. The van der Waals surface area contributed by atoms with Gasteiger partial charge in [0.15, 0.2) is 0 Å². The number of para-hydroxylation sites is 2. The summed E-state index contributed by atoms with van der Waals surface area (Å²) in [6, 6.07) is 26.7. The highest BCUT2D eigenvalue weighted by Crippen LogP contribution is 2.62. The molecule has 0 aliphatic carbocycles. The molecule has 182 valence electrons. The fourth-order valence-corrected chi connectivity index (χ4v) is 5.67. The molecule has 2 atom stereocenters. The van der Waals surface area contributed by atoms with Crippen LogP contribution < -0.4 is 9.47 Å². The number of ether oxygens (including phenoxy) is 2. The van der Waals surface area contributed by atoms with E-state index in [2.05, 4.69) is 9.98 Å². The van der Waals surface area contributed by atoms with Gasteiger partial charge < -0.3 is 9.47 Å². The molecular formula is C30H16N2O6. The number of hydrogen-bond donors (Lipinski definition) is 0. The predicted molar refractivity (Wildman–Crippen MR) is 134 cm³/mol. The minimum Gasteiger partial charge on any atom is -0.425 e. The van der Waals surface area contributed by atoms with Gasteiger partial charge in [0, 0.05) is 11.1 Å². The molecule has 2 unspecified atom stereocenters. The number of carbonyl (C=O) groups excluding carboxylic acids is 4. The smallest absolute Gasteiger partial charge is 0.328 e. The Morgan fingerprint density at radius 2 is 0.895 bits per heavy atom. The van der Waals surface area contributed by atoms with Crippen LogP contribution in [0.5, 0.6) is 11.5 Å². The van der Waals surface area contributed by atoms with E-state index in [9.17, 15) is 19.2 Å². The van der Waals surface area contributed by atoms with Crippen molar-refractivity contribution in [1.29, 1.82) is 0 Å². The largest absolute Gasteiger partial charge is 0.425 e. The Labute approximate surface area is 215 Å². The molecule has 8 nitrogen and oxygen atoms in total. The minimum atomic E-state index is -1.73. The summed E-state index contributed by atoms with van der Waals surface area (Å²) in [6.45, 7) is 0. The lowest BCUT2D eigenvalue weighted by Gasteiger charge is -2.42. The van der Waals surface area contributed by atoms with Crippen molar-refractivity contribution in [2.45, 2.75) is 10.8 Å². The number of carbonyl (C=O) groups is 2. The molecule has 0 radical (unpaired) electrons. The molecule has 38 heavy (non-hydrogen) atoms. The van der Waals surface area contributed by atoms with Crippen LogP contribution in [0.3, 0.4) is 0 Å². The second-order valence-electron chi connectivity index (χ2n) is 8.77. The van der Waals surface area contributed by atoms with E-state index in [1.165, 1.54) is 12.2 Å². The average molecular weight is 500 g/mol. The third kappa shape index (κ3) is 2.93. The van der Waals surface area contributed by atoms with Crippen molar-refractivity contribution < 1.29 is 28.7 Å². The summed E-state index contributed by atoms with van der Waals surface area (Å²) in [6.07, 6.45) is 3.01. The first-order valence-corrected chi connectivity index (χ1v) is 11.6. The fraction of sp³-hybridized carbons (Fsp3) is 0.0667. The topological polar surface area (TPSA) is 111 Å². The van der Waals surface area contributed by atoms with Crippen LogP contribution in [0.4, 0.5) is 11.4 Å². The van der Waals surface area contributed by atoms with E-state index >= 15 is 0 Å². The van der Waals surface area contributed by atoms with Crippen molar-refractivity contribution in [3.8, 4) is 11.5 Å². The third-order valence-corrected chi connectivity index (χ3v) is 7.11. The maximum atomic E-state index is 14.3. The van der Waals surface area contributed by atoms with Gasteiger partial charge in [-0.05, 0) is 47.5 Å². The zero-order chi connectivity index (χ0) is 26.3. The number of nitrogens with zero attached hydrogens (tertiary/aromatic N) is 2. The van der Waals surface area contributed by atoms with Gasteiger partial charge in [0.25, 0.3) is 0 Å². The highest BCUT2D eigenvalue weighted by atomic mass is 16.6. The van der Waals surface area contributed by atoms with Crippen molar-refractivity contribution in [1.82, 2.24) is 0 Å².